The fraction of sp³-hybridized carbons (Fsp3) is 0.364. The van der Waals surface area contributed by atoms with Crippen molar-refractivity contribution in [3.05, 3.63) is 59.2 Å². The fourth-order valence-corrected chi connectivity index (χ4v) is 2.91. The molecule has 2 aromatic rings. The van der Waals surface area contributed by atoms with Crippen LogP contribution >= 0.6 is 0 Å². The number of methoxy groups -OCH3 is 2. The molecule has 28 heavy (non-hydrogen) atoms. The van der Waals surface area contributed by atoms with E-state index in [2.05, 4.69) is 5.43 Å². The summed E-state index contributed by atoms with van der Waals surface area (Å²) in [6.45, 7) is 7.59. The summed E-state index contributed by atoms with van der Waals surface area (Å²) in [6.07, 6.45) is 0.595. The molecule has 0 heterocycles. The molecule has 0 radical (unpaired) electrons. The average Bonchev–Trinajstić information content (AvgIpc) is 2.69. The Morgan fingerprint density at radius 1 is 0.893 bits per heavy atom. The first kappa shape index (κ1) is 21.4. The highest BCUT2D eigenvalue weighted by Crippen LogP contribution is 2.26. The molecule has 0 aliphatic heterocycles. The Morgan fingerprint density at radius 3 is 2.00 bits per heavy atom. The summed E-state index contributed by atoms with van der Waals surface area (Å²) in [7, 11) is 3.06. The van der Waals surface area contributed by atoms with Crippen molar-refractivity contribution in [2.45, 2.75) is 39.7 Å². The summed E-state index contributed by atoms with van der Waals surface area (Å²) in [5.74, 6) is 0.0972. The second-order valence-electron chi connectivity index (χ2n) is 7.35. The van der Waals surface area contributed by atoms with Crippen LogP contribution in [-0.2, 0) is 6.42 Å². The van der Waals surface area contributed by atoms with Gasteiger partial charge in [0.2, 0.25) is 0 Å². The molecule has 2 aromatic carbocycles. The van der Waals surface area contributed by atoms with E-state index in [9.17, 15) is 9.59 Å². The minimum atomic E-state index is -0.515. The van der Waals surface area contributed by atoms with E-state index in [1.165, 1.54) is 7.11 Å². The van der Waals surface area contributed by atoms with Crippen LogP contribution < -0.4 is 14.9 Å². The Bertz CT molecular complexity index is 856. The predicted molar refractivity (Wildman–Crippen MR) is 109 cm³/mol. The molecule has 1 N–H and O–H groups in total. The Kier molecular flexibility index (Phi) is 6.80. The first-order chi connectivity index (χ1) is 13.2. The summed E-state index contributed by atoms with van der Waals surface area (Å²) >= 11 is 0. The molecule has 6 heteroatoms. The number of amides is 2. The molecule has 0 aliphatic carbocycles. The molecule has 0 unspecified atom stereocenters. The van der Waals surface area contributed by atoms with Crippen LogP contribution in [-0.4, -0.2) is 36.6 Å². The minimum Gasteiger partial charge on any atom is -0.496 e. The molecule has 150 valence electrons. The number of para-hydroxylation sites is 1. The molecule has 0 bridgehead atoms. The van der Waals surface area contributed by atoms with Crippen molar-refractivity contribution in [2.24, 2.45) is 0 Å². The van der Waals surface area contributed by atoms with Crippen LogP contribution in [0.15, 0.2) is 42.5 Å². The third-order valence-electron chi connectivity index (χ3n) is 4.13. The van der Waals surface area contributed by atoms with Gasteiger partial charge in [-0.1, -0.05) is 25.1 Å². The summed E-state index contributed by atoms with van der Waals surface area (Å²) < 4.78 is 10.7. The van der Waals surface area contributed by atoms with Crippen LogP contribution in [0.1, 0.15) is 54.0 Å². The van der Waals surface area contributed by atoms with E-state index in [0.29, 0.717) is 29.0 Å². The van der Waals surface area contributed by atoms with Crippen LogP contribution in [0.5, 0.6) is 11.5 Å². The highest BCUT2D eigenvalue weighted by Gasteiger charge is 2.31. The maximum absolute atomic E-state index is 13.4. The first-order valence-electron chi connectivity index (χ1n) is 9.19. The second kappa shape index (κ2) is 8.89. The molecule has 0 saturated heterocycles. The number of ether oxygens (including phenoxy) is 2. The topological polar surface area (TPSA) is 67.9 Å². The lowest BCUT2D eigenvalue weighted by Crippen LogP contribution is -2.55. The summed E-state index contributed by atoms with van der Waals surface area (Å²) in [5, 5.41) is 1.06. The van der Waals surface area contributed by atoms with Crippen molar-refractivity contribution < 1.29 is 19.1 Å². The number of carbonyl (C=O) groups excluding carboxylic acids is 2. The smallest absolute Gasteiger partial charge is 0.279 e. The number of benzene rings is 2. The number of nitrogens with one attached hydrogen (secondary N) is 1. The van der Waals surface area contributed by atoms with Crippen LogP contribution in [0.3, 0.4) is 0 Å². The first-order valence-corrected chi connectivity index (χ1v) is 9.19. The Morgan fingerprint density at radius 2 is 1.43 bits per heavy atom. The van der Waals surface area contributed by atoms with Gasteiger partial charge in [-0.15, -0.1) is 0 Å². The van der Waals surface area contributed by atoms with Gasteiger partial charge in [0, 0.05) is 16.7 Å². The maximum atomic E-state index is 13.4. The Hall–Kier alpha value is -2.86. The quantitative estimate of drug-likeness (QED) is 0.605. The number of imide groups is 1. The van der Waals surface area contributed by atoms with Crippen LogP contribution in [0.4, 0.5) is 0 Å². The standard InChI is InChI=1S/C22H28N2O4/c1-7-15-16(12-10-14-18(15)27-5)20(25)24(23-22(2,3)4)21(26)17-11-8-9-13-19(17)28-6/h8-14,23H,7H2,1-6H3. The largest absolute Gasteiger partial charge is 0.496 e. The molecule has 0 atom stereocenters. The van der Waals surface area contributed by atoms with E-state index < -0.39 is 17.4 Å². The lowest BCUT2D eigenvalue weighted by atomic mass is 10.0. The van der Waals surface area contributed by atoms with Crippen LogP contribution in [0.2, 0.25) is 0 Å². The zero-order chi connectivity index (χ0) is 20.9. The van der Waals surface area contributed by atoms with E-state index >= 15 is 0 Å². The van der Waals surface area contributed by atoms with Gasteiger partial charge in [-0.25, -0.2) is 10.4 Å². The molecule has 2 rings (SSSR count). The molecule has 0 aromatic heterocycles. The molecule has 0 saturated carbocycles. The molecule has 2 amide bonds. The summed E-state index contributed by atoms with van der Waals surface area (Å²) in [4.78, 5) is 26.7. The number of carbonyl (C=O) groups is 2. The monoisotopic (exact) mass is 384 g/mol. The van der Waals surface area contributed by atoms with Crippen LogP contribution in [0.25, 0.3) is 0 Å². The van der Waals surface area contributed by atoms with Gasteiger partial charge in [0.25, 0.3) is 11.8 Å². The van der Waals surface area contributed by atoms with Crippen LogP contribution in [0, 0.1) is 0 Å². The number of hydrazine groups is 1. The number of hydrogen-bond acceptors (Lipinski definition) is 5. The van der Waals surface area contributed by atoms with Gasteiger partial charge < -0.3 is 9.47 Å². The van der Waals surface area contributed by atoms with Gasteiger partial charge in [0.05, 0.1) is 19.8 Å². The number of hydrogen-bond donors (Lipinski definition) is 1. The lowest BCUT2D eigenvalue weighted by molar-refractivity contribution is 0.0449. The third-order valence-corrected chi connectivity index (χ3v) is 4.13. The van der Waals surface area contributed by atoms with Crippen molar-refractivity contribution >= 4 is 11.8 Å². The minimum absolute atomic E-state index is 0.302. The second-order valence-corrected chi connectivity index (χ2v) is 7.35. The predicted octanol–water partition coefficient (Wildman–Crippen LogP) is 3.85. The molecule has 0 fully saturated rings. The van der Waals surface area contributed by atoms with Crippen molar-refractivity contribution in [3.63, 3.8) is 0 Å². The molecule has 6 nitrogen and oxygen atoms in total. The van der Waals surface area contributed by atoms with E-state index in [-0.39, 0.29) is 0 Å². The van der Waals surface area contributed by atoms with Crippen molar-refractivity contribution in [1.82, 2.24) is 10.4 Å². The van der Waals surface area contributed by atoms with Gasteiger partial charge in [0.15, 0.2) is 0 Å². The zero-order valence-corrected chi connectivity index (χ0v) is 17.3. The SMILES string of the molecule is CCc1c(OC)cccc1C(=O)N(NC(C)(C)C)C(=O)c1ccccc1OC. The maximum Gasteiger partial charge on any atom is 0.279 e. The van der Waals surface area contributed by atoms with E-state index in [0.717, 1.165) is 10.6 Å². The number of nitrogens with zero attached hydrogens (tertiary/aromatic N) is 1. The van der Waals surface area contributed by atoms with Gasteiger partial charge >= 0.3 is 0 Å². The van der Waals surface area contributed by atoms with E-state index in [1.54, 1.807) is 49.6 Å². The molecule has 0 aliphatic rings. The normalized spacial score (nSPS) is 11.1. The highest BCUT2D eigenvalue weighted by atomic mass is 16.5. The van der Waals surface area contributed by atoms with Gasteiger partial charge in [-0.2, -0.15) is 0 Å². The van der Waals surface area contributed by atoms with Crippen molar-refractivity contribution in [2.75, 3.05) is 14.2 Å². The summed E-state index contributed by atoms with van der Waals surface area (Å²) in [6, 6.07) is 12.1. The Balaban J connectivity index is 2.55. The van der Waals surface area contributed by atoms with Crippen molar-refractivity contribution in [3.8, 4) is 11.5 Å². The molecule has 0 spiro atoms. The highest BCUT2D eigenvalue weighted by molar-refractivity contribution is 6.11. The Labute approximate surface area is 166 Å². The zero-order valence-electron chi connectivity index (χ0n) is 17.3. The third kappa shape index (κ3) is 4.70. The van der Waals surface area contributed by atoms with Gasteiger partial charge in [-0.05, 0) is 51.5 Å². The van der Waals surface area contributed by atoms with Crippen molar-refractivity contribution in [1.29, 1.82) is 0 Å². The molecular weight excluding hydrogens is 356 g/mol. The average molecular weight is 384 g/mol. The lowest BCUT2D eigenvalue weighted by Gasteiger charge is -2.31. The fourth-order valence-electron chi connectivity index (χ4n) is 2.91. The molecular formula is C22H28N2O4. The van der Waals surface area contributed by atoms with E-state index in [4.69, 9.17) is 9.47 Å². The number of rotatable bonds is 6. The summed E-state index contributed by atoms with van der Waals surface area (Å²) in [5.41, 5.74) is 3.99. The van der Waals surface area contributed by atoms with Gasteiger partial charge in [0.1, 0.15) is 11.5 Å². The van der Waals surface area contributed by atoms with E-state index in [1.807, 2.05) is 27.7 Å². The van der Waals surface area contributed by atoms with Gasteiger partial charge in [-0.3, -0.25) is 9.59 Å².